The molecule has 0 bridgehead atoms. The van der Waals surface area contributed by atoms with Crippen LogP contribution in [0.3, 0.4) is 0 Å². The highest BCUT2D eigenvalue weighted by atomic mass is 15.1. The van der Waals surface area contributed by atoms with E-state index in [4.69, 9.17) is 4.98 Å². The summed E-state index contributed by atoms with van der Waals surface area (Å²) in [5.41, 5.74) is 12.1. The molecule has 0 aliphatic carbocycles. The molecule has 10 aromatic rings. The molecule has 258 valence electrons. The van der Waals surface area contributed by atoms with Crippen molar-refractivity contribution in [1.82, 2.24) is 4.98 Å². The number of hydrogen-bond donors (Lipinski definition) is 0. The molecule has 0 atom stereocenters. The molecule has 1 aromatic heterocycles. The summed E-state index contributed by atoms with van der Waals surface area (Å²) in [4.78, 5) is 7.66. The minimum absolute atomic E-state index is 0.946. The minimum atomic E-state index is 0.946. The van der Waals surface area contributed by atoms with Crippen LogP contribution in [0.15, 0.2) is 218 Å². The van der Waals surface area contributed by atoms with Crippen LogP contribution in [0.5, 0.6) is 0 Å². The summed E-state index contributed by atoms with van der Waals surface area (Å²) < 4.78 is 0. The molecule has 2 nitrogen and oxygen atoms in total. The van der Waals surface area contributed by atoms with Gasteiger partial charge >= 0.3 is 0 Å². The van der Waals surface area contributed by atoms with Crippen LogP contribution in [-0.2, 0) is 0 Å². The average molecular weight is 701 g/mol. The lowest BCUT2D eigenvalue weighted by molar-refractivity contribution is 1.30. The number of nitrogens with zero attached hydrogens (tertiary/aromatic N) is 2. The Balaban J connectivity index is 1.21. The van der Waals surface area contributed by atoms with Gasteiger partial charge in [0.05, 0.1) is 17.1 Å². The summed E-state index contributed by atoms with van der Waals surface area (Å²) >= 11 is 0. The number of aromatic nitrogens is 1. The van der Waals surface area contributed by atoms with Crippen molar-refractivity contribution < 1.29 is 0 Å². The first-order valence-electron chi connectivity index (χ1n) is 18.8. The van der Waals surface area contributed by atoms with E-state index in [1.165, 1.54) is 43.4 Å². The van der Waals surface area contributed by atoms with Crippen LogP contribution in [0.1, 0.15) is 0 Å². The summed E-state index contributed by atoms with van der Waals surface area (Å²) in [6, 6.07) is 78.2. The van der Waals surface area contributed by atoms with Crippen molar-refractivity contribution in [3.8, 4) is 44.8 Å². The second-order valence-electron chi connectivity index (χ2n) is 14.0. The van der Waals surface area contributed by atoms with Crippen LogP contribution < -0.4 is 4.90 Å². The van der Waals surface area contributed by atoms with Gasteiger partial charge in [-0.25, -0.2) is 4.98 Å². The topological polar surface area (TPSA) is 16.1 Å². The third-order valence-electron chi connectivity index (χ3n) is 10.6. The standard InChI is InChI=1S/C53H36N2/c1-5-17-37(18-6-1)43-35-49(39-20-7-2-8-21-39)54-50(36-43)41-23-15-22-40(33-41)48-34-42-24-16-30-51(52(42)53-46-29-14-13-19-38(46)31-32-47(48)53)55(44-25-9-3-10-26-44)45-27-11-4-12-28-45/h1-36H. The zero-order valence-corrected chi connectivity index (χ0v) is 30.2. The Labute approximate surface area is 321 Å². The lowest BCUT2D eigenvalue weighted by atomic mass is 9.88. The lowest BCUT2D eigenvalue weighted by Crippen LogP contribution is -2.10. The summed E-state index contributed by atoms with van der Waals surface area (Å²) in [5, 5.41) is 7.34. The maximum Gasteiger partial charge on any atom is 0.0715 e. The predicted octanol–water partition coefficient (Wildman–Crippen LogP) is 14.7. The van der Waals surface area contributed by atoms with E-state index in [0.29, 0.717) is 0 Å². The van der Waals surface area contributed by atoms with E-state index in [1.54, 1.807) is 0 Å². The number of hydrogen-bond acceptors (Lipinski definition) is 2. The van der Waals surface area contributed by atoms with E-state index in [0.717, 1.165) is 50.7 Å². The van der Waals surface area contributed by atoms with E-state index < -0.39 is 0 Å². The second kappa shape index (κ2) is 13.9. The smallest absolute Gasteiger partial charge is 0.0715 e. The average Bonchev–Trinajstić information content (AvgIpc) is 3.27. The van der Waals surface area contributed by atoms with E-state index in [-0.39, 0.29) is 0 Å². The van der Waals surface area contributed by atoms with Gasteiger partial charge in [-0.15, -0.1) is 0 Å². The molecule has 9 aromatic carbocycles. The quantitative estimate of drug-likeness (QED) is 0.154. The minimum Gasteiger partial charge on any atom is -0.310 e. The van der Waals surface area contributed by atoms with Crippen molar-refractivity contribution >= 4 is 49.4 Å². The first kappa shape index (κ1) is 32.4. The molecule has 10 rings (SSSR count). The number of fused-ring (bicyclic) bond motifs is 5. The van der Waals surface area contributed by atoms with Gasteiger partial charge in [0.2, 0.25) is 0 Å². The number of benzene rings is 9. The number of para-hydroxylation sites is 2. The number of pyridine rings is 1. The van der Waals surface area contributed by atoms with Crippen molar-refractivity contribution in [2.45, 2.75) is 0 Å². The molecule has 0 saturated heterocycles. The van der Waals surface area contributed by atoms with Crippen LogP contribution in [-0.4, -0.2) is 4.98 Å². The Kier molecular flexibility index (Phi) is 8.20. The Morgan fingerprint density at radius 3 is 1.56 bits per heavy atom. The van der Waals surface area contributed by atoms with E-state index in [2.05, 4.69) is 223 Å². The number of rotatable bonds is 7. The molecule has 55 heavy (non-hydrogen) atoms. The SMILES string of the molecule is c1ccc(-c2cc(-c3ccccc3)nc(-c3cccc(-c4cc5cccc(N(c6ccccc6)c6ccccc6)c5c5c4ccc4ccccc45)c3)c2)cc1. The number of anilines is 3. The fourth-order valence-electron chi connectivity index (χ4n) is 8.03. The van der Waals surface area contributed by atoms with Crippen LogP contribution >= 0.6 is 0 Å². The molecule has 0 saturated carbocycles. The predicted molar refractivity (Wildman–Crippen MR) is 233 cm³/mol. The summed E-state index contributed by atoms with van der Waals surface area (Å²) in [7, 11) is 0. The van der Waals surface area contributed by atoms with Crippen molar-refractivity contribution in [2.24, 2.45) is 0 Å². The van der Waals surface area contributed by atoms with Crippen LogP contribution in [0.4, 0.5) is 17.1 Å². The zero-order chi connectivity index (χ0) is 36.6. The Hall–Kier alpha value is -7.29. The lowest BCUT2D eigenvalue weighted by Gasteiger charge is -2.28. The zero-order valence-electron chi connectivity index (χ0n) is 30.2. The summed E-state index contributed by atoms with van der Waals surface area (Å²) in [6.45, 7) is 0. The third-order valence-corrected chi connectivity index (χ3v) is 10.6. The maximum atomic E-state index is 5.27. The highest BCUT2D eigenvalue weighted by molar-refractivity contribution is 6.27. The van der Waals surface area contributed by atoms with Gasteiger partial charge in [-0.3, -0.25) is 0 Å². The first-order valence-corrected chi connectivity index (χ1v) is 18.8. The van der Waals surface area contributed by atoms with Gasteiger partial charge in [-0.1, -0.05) is 164 Å². The molecule has 0 spiro atoms. The molecule has 1 heterocycles. The van der Waals surface area contributed by atoms with Gasteiger partial charge in [-0.05, 0) is 98.4 Å². The van der Waals surface area contributed by atoms with E-state index in [1.807, 2.05) is 0 Å². The van der Waals surface area contributed by atoms with Crippen molar-refractivity contribution in [2.75, 3.05) is 4.90 Å². The first-order chi connectivity index (χ1) is 27.3. The molecular weight excluding hydrogens is 665 g/mol. The summed E-state index contributed by atoms with van der Waals surface area (Å²) in [5.74, 6) is 0. The van der Waals surface area contributed by atoms with Gasteiger partial charge < -0.3 is 4.90 Å². The molecule has 0 N–H and O–H groups in total. The molecule has 0 aliphatic rings. The molecule has 0 unspecified atom stereocenters. The molecule has 0 aliphatic heterocycles. The van der Waals surface area contributed by atoms with Crippen LogP contribution in [0, 0.1) is 0 Å². The van der Waals surface area contributed by atoms with Crippen molar-refractivity contribution in [3.05, 3.63) is 218 Å². The van der Waals surface area contributed by atoms with E-state index >= 15 is 0 Å². The fraction of sp³-hybridized carbons (Fsp3) is 0. The second-order valence-corrected chi connectivity index (χ2v) is 14.0. The molecule has 0 radical (unpaired) electrons. The monoisotopic (exact) mass is 700 g/mol. The van der Waals surface area contributed by atoms with Gasteiger partial charge in [0.25, 0.3) is 0 Å². The highest BCUT2D eigenvalue weighted by Gasteiger charge is 2.20. The fourth-order valence-corrected chi connectivity index (χ4v) is 8.03. The molecule has 2 heteroatoms. The highest BCUT2D eigenvalue weighted by Crippen LogP contribution is 2.46. The van der Waals surface area contributed by atoms with Crippen LogP contribution in [0.25, 0.3) is 77.1 Å². The van der Waals surface area contributed by atoms with Crippen molar-refractivity contribution in [3.63, 3.8) is 0 Å². The molecule has 0 amide bonds. The van der Waals surface area contributed by atoms with Gasteiger partial charge in [0.15, 0.2) is 0 Å². The van der Waals surface area contributed by atoms with Gasteiger partial charge in [0, 0.05) is 33.3 Å². The van der Waals surface area contributed by atoms with Gasteiger partial charge in [-0.2, -0.15) is 0 Å². The Morgan fingerprint density at radius 1 is 0.309 bits per heavy atom. The third kappa shape index (κ3) is 6.00. The summed E-state index contributed by atoms with van der Waals surface area (Å²) in [6.07, 6.45) is 0. The Morgan fingerprint density at radius 2 is 0.855 bits per heavy atom. The normalized spacial score (nSPS) is 11.3. The largest absolute Gasteiger partial charge is 0.310 e. The van der Waals surface area contributed by atoms with Gasteiger partial charge in [0.1, 0.15) is 0 Å². The molecular formula is C53H36N2. The van der Waals surface area contributed by atoms with E-state index in [9.17, 15) is 0 Å². The maximum absolute atomic E-state index is 5.27. The van der Waals surface area contributed by atoms with Crippen LogP contribution in [0.2, 0.25) is 0 Å². The molecule has 0 fully saturated rings. The van der Waals surface area contributed by atoms with Crippen molar-refractivity contribution in [1.29, 1.82) is 0 Å². The Bertz CT molecular complexity index is 2860.